The molecule has 0 unspecified atom stereocenters. The summed E-state index contributed by atoms with van der Waals surface area (Å²) in [5.41, 5.74) is -1.84. The maximum atomic E-state index is 14.1. The Kier molecular flexibility index (Phi) is 5.89. The van der Waals surface area contributed by atoms with Gasteiger partial charge in [-0.3, -0.25) is 9.12 Å². The number of aromatic nitrogens is 3. The Morgan fingerprint density at radius 1 is 1.23 bits per heavy atom. The van der Waals surface area contributed by atoms with Gasteiger partial charge in [-0.2, -0.15) is 26.6 Å². The molecule has 0 spiro atoms. The molecule has 1 N–H and O–H groups in total. The average Bonchev–Trinajstić information content (AvgIpc) is 3.10. The molecule has 0 aliphatic rings. The van der Waals surface area contributed by atoms with Gasteiger partial charge in [0.15, 0.2) is 17.5 Å². The van der Waals surface area contributed by atoms with E-state index < -0.39 is 63.1 Å². The van der Waals surface area contributed by atoms with E-state index in [1.807, 2.05) is 4.72 Å². The summed E-state index contributed by atoms with van der Waals surface area (Å²) >= 11 is 0. The second-order valence-electron chi connectivity index (χ2n) is 5.88. The third kappa shape index (κ3) is 4.76. The van der Waals surface area contributed by atoms with Gasteiger partial charge in [-0.1, -0.05) is 0 Å². The van der Waals surface area contributed by atoms with E-state index in [0.29, 0.717) is 18.2 Å². The van der Waals surface area contributed by atoms with Crippen LogP contribution in [0.4, 0.5) is 32.0 Å². The SMILES string of the molecule is COc1nc(OCC(F)F)c(F)cc1NS(=O)(=O)c1cnc2cc(C(F)(F)F)ccn12. The van der Waals surface area contributed by atoms with Gasteiger partial charge in [0.25, 0.3) is 22.3 Å². The summed E-state index contributed by atoms with van der Waals surface area (Å²) in [6.45, 7) is -1.15. The predicted octanol–water partition coefficient (Wildman–Crippen LogP) is 3.34. The van der Waals surface area contributed by atoms with Crippen molar-refractivity contribution < 1.29 is 44.2 Å². The number of fused-ring (bicyclic) bond motifs is 1. The van der Waals surface area contributed by atoms with Gasteiger partial charge in [0.1, 0.15) is 11.3 Å². The van der Waals surface area contributed by atoms with Crippen molar-refractivity contribution in [1.82, 2.24) is 14.4 Å². The quantitative estimate of drug-likeness (QED) is 0.533. The molecule has 0 fully saturated rings. The molecule has 0 aliphatic heterocycles. The standard InChI is InChI=1S/C16H12F6N4O4S/c1-29-15-10(5-9(17)14(24-15)30-7-11(18)19)25-31(27,28)13-6-23-12-4-8(16(20,21)22)2-3-26(12)13/h2-6,11,25H,7H2,1H3. The van der Waals surface area contributed by atoms with Gasteiger partial charge in [-0.05, 0) is 12.1 Å². The third-order valence-corrected chi connectivity index (χ3v) is 5.12. The molecule has 3 rings (SSSR count). The highest BCUT2D eigenvalue weighted by Crippen LogP contribution is 2.32. The van der Waals surface area contributed by atoms with Crippen molar-refractivity contribution in [2.24, 2.45) is 0 Å². The number of hydrogen-bond donors (Lipinski definition) is 1. The largest absolute Gasteiger partial charge is 0.479 e. The van der Waals surface area contributed by atoms with Crippen molar-refractivity contribution in [3.8, 4) is 11.8 Å². The predicted molar refractivity (Wildman–Crippen MR) is 93.2 cm³/mol. The van der Waals surface area contributed by atoms with E-state index in [0.717, 1.165) is 23.9 Å². The fourth-order valence-electron chi connectivity index (χ4n) is 2.46. The molecule has 15 heteroatoms. The molecular weight excluding hydrogens is 458 g/mol. The molecule has 3 heterocycles. The average molecular weight is 470 g/mol. The molecular formula is C16H12F6N4O4S. The molecule has 0 amide bonds. The summed E-state index contributed by atoms with van der Waals surface area (Å²) in [7, 11) is -3.45. The van der Waals surface area contributed by atoms with Crippen molar-refractivity contribution in [2.75, 3.05) is 18.4 Å². The van der Waals surface area contributed by atoms with E-state index >= 15 is 0 Å². The van der Waals surface area contributed by atoms with Crippen LogP contribution in [0, 0.1) is 5.82 Å². The number of hydrogen-bond acceptors (Lipinski definition) is 6. The molecule has 0 bridgehead atoms. The smallest absolute Gasteiger partial charge is 0.416 e. The number of anilines is 1. The van der Waals surface area contributed by atoms with Crippen molar-refractivity contribution >= 4 is 21.4 Å². The van der Waals surface area contributed by atoms with E-state index in [9.17, 15) is 34.8 Å². The monoisotopic (exact) mass is 470 g/mol. The number of sulfonamides is 1. The molecule has 0 aromatic carbocycles. The zero-order valence-corrected chi connectivity index (χ0v) is 16.1. The van der Waals surface area contributed by atoms with E-state index in [4.69, 9.17) is 4.74 Å². The van der Waals surface area contributed by atoms with Gasteiger partial charge in [0, 0.05) is 12.3 Å². The number of nitrogens with zero attached hydrogens (tertiary/aromatic N) is 3. The molecule has 0 radical (unpaired) electrons. The molecule has 0 saturated carbocycles. The van der Waals surface area contributed by atoms with Crippen LogP contribution in [0.2, 0.25) is 0 Å². The van der Waals surface area contributed by atoms with Gasteiger partial charge in [0.2, 0.25) is 5.88 Å². The highest BCUT2D eigenvalue weighted by atomic mass is 32.2. The Hall–Kier alpha value is -3.23. The Morgan fingerprint density at radius 2 is 1.94 bits per heavy atom. The molecule has 31 heavy (non-hydrogen) atoms. The Labute approximate surface area is 170 Å². The molecule has 0 aliphatic carbocycles. The number of halogens is 6. The molecule has 8 nitrogen and oxygen atoms in total. The topological polar surface area (TPSA) is 94.8 Å². The van der Waals surface area contributed by atoms with E-state index in [2.05, 4.69) is 14.7 Å². The number of methoxy groups -OCH3 is 1. The van der Waals surface area contributed by atoms with Crippen LogP contribution < -0.4 is 14.2 Å². The lowest BCUT2D eigenvalue weighted by molar-refractivity contribution is -0.137. The Morgan fingerprint density at radius 3 is 2.55 bits per heavy atom. The number of nitrogens with one attached hydrogen (secondary N) is 1. The fourth-order valence-corrected chi connectivity index (χ4v) is 3.60. The molecule has 3 aromatic heterocycles. The minimum Gasteiger partial charge on any atom is -0.479 e. The van der Waals surface area contributed by atoms with Crippen LogP contribution in [0.1, 0.15) is 5.56 Å². The maximum absolute atomic E-state index is 14.1. The first-order valence-corrected chi connectivity index (χ1v) is 9.63. The minimum absolute atomic E-state index is 0.304. The first-order chi connectivity index (χ1) is 14.4. The lowest BCUT2D eigenvalue weighted by Crippen LogP contribution is -2.17. The minimum atomic E-state index is -4.66. The Balaban J connectivity index is 1.96. The summed E-state index contributed by atoms with van der Waals surface area (Å²) in [4.78, 5) is 7.15. The molecule has 0 saturated heterocycles. The third-order valence-electron chi connectivity index (χ3n) is 3.77. The number of alkyl halides is 5. The number of pyridine rings is 2. The van der Waals surface area contributed by atoms with E-state index in [1.165, 1.54) is 0 Å². The fraction of sp³-hybridized carbons (Fsp3) is 0.250. The summed E-state index contributed by atoms with van der Waals surface area (Å²) in [5.74, 6) is -2.59. The van der Waals surface area contributed by atoms with Crippen LogP contribution in [-0.2, 0) is 16.2 Å². The van der Waals surface area contributed by atoms with Crippen molar-refractivity contribution in [3.05, 3.63) is 42.0 Å². The van der Waals surface area contributed by atoms with E-state index in [1.54, 1.807) is 0 Å². The van der Waals surface area contributed by atoms with Crippen molar-refractivity contribution in [3.63, 3.8) is 0 Å². The van der Waals surface area contributed by atoms with Gasteiger partial charge in [-0.25, -0.2) is 18.2 Å². The van der Waals surface area contributed by atoms with Gasteiger partial charge >= 0.3 is 6.18 Å². The van der Waals surface area contributed by atoms with Crippen molar-refractivity contribution in [1.29, 1.82) is 0 Å². The number of imidazole rings is 1. The maximum Gasteiger partial charge on any atom is 0.416 e. The van der Waals surface area contributed by atoms with Gasteiger partial charge in [0.05, 0.1) is 18.9 Å². The summed E-state index contributed by atoms with van der Waals surface area (Å²) in [6.07, 6.45) is -5.90. The van der Waals surface area contributed by atoms with Crippen LogP contribution in [0.25, 0.3) is 5.65 Å². The highest BCUT2D eigenvalue weighted by molar-refractivity contribution is 7.92. The van der Waals surface area contributed by atoms with Crippen LogP contribution in [0.5, 0.6) is 11.8 Å². The summed E-state index contributed by atoms with van der Waals surface area (Å²) in [6, 6.07) is 1.90. The van der Waals surface area contributed by atoms with Crippen LogP contribution in [-0.4, -0.2) is 42.9 Å². The zero-order valence-electron chi connectivity index (χ0n) is 15.3. The molecule has 0 atom stereocenters. The zero-order chi connectivity index (χ0) is 23.0. The lowest BCUT2D eigenvalue weighted by Gasteiger charge is -2.13. The molecule has 168 valence electrons. The van der Waals surface area contributed by atoms with Gasteiger partial charge < -0.3 is 9.47 Å². The second kappa shape index (κ2) is 8.13. The normalized spacial score (nSPS) is 12.4. The molecule has 3 aromatic rings. The number of rotatable bonds is 7. The van der Waals surface area contributed by atoms with Crippen LogP contribution in [0.15, 0.2) is 35.6 Å². The Bertz CT molecular complexity index is 1210. The van der Waals surface area contributed by atoms with Crippen LogP contribution >= 0.6 is 0 Å². The van der Waals surface area contributed by atoms with Crippen LogP contribution in [0.3, 0.4) is 0 Å². The summed E-state index contributed by atoms with van der Waals surface area (Å²) in [5, 5.41) is -0.559. The highest BCUT2D eigenvalue weighted by Gasteiger charge is 2.31. The van der Waals surface area contributed by atoms with E-state index in [-0.39, 0.29) is 5.65 Å². The first-order valence-electron chi connectivity index (χ1n) is 8.15. The van der Waals surface area contributed by atoms with Crippen molar-refractivity contribution in [2.45, 2.75) is 17.6 Å². The number of ether oxygens (including phenoxy) is 2. The first kappa shape index (κ1) is 22.5. The summed E-state index contributed by atoms with van der Waals surface area (Å²) < 4.78 is 115. The lowest BCUT2D eigenvalue weighted by atomic mass is 10.2. The second-order valence-corrected chi connectivity index (χ2v) is 7.51. The van der Waals surface area contributed by atoms with Gasteiger partial charge in [-0.15, -0.1) is 0 Å².